The topological polar surface area (TPSA) is 73.9 Å². The van der Waals surface area contributed by atoms with Gasteiger partial charge in [0.2, 0.25) is 0 Å². The fourth-order valence-electron chi connectivity index (χ4n) is 5.88. The van der Waals surface area contributed by atoms with Gasteiger partial charge < -0.3 is 25.2 Å². The Labute approximate surface area is 296 Å². The van der Waals surface area contributed by atoms with Gasteiger partial charge in [0.05, 0.1) is 5.69 Å². The number of carbonyl (C=O) groups excluding carboxylic acids is 2. The van der Waals surface area contributed by atoms with Crippen LogP contribution < -0.4 is 15.4 Å². The molecule has 0 heterocycles. The fourth-order valence-corrected chi connectivity index (χ4v) is 5.88. The van der Waals surface area contributed by atoms with Crippen LogP contribution in [0.25, 0.3) is 0 Å². The van der Waals surface area contributed by atoms with Gasteiger partial charge in [-0.05, 0) is 80.7 Å². The van der Waals surface area contributed by atoms with Crippen molar-refractivity contribution in [2.45, 2.75) is 88.9 Å². The van der Waals surface area contributed by atoms with Crippen LogP contribution in [0.2, 0.25) is 0 Å². The van der Waals surface area contributed by atoms with Crippen molar-refractivity contribution in [1.29, 1.82) is 0 Å². The van der Waals surface area contributed by atoms with Crippen molar-refractivity contribution in [3.8, 4) is 5.75 Å². The summed E-state index contributed by atoms with van der Waals surface area (Å²) in [7, 11) is 0. The second kappa shape index (κ2) is 15.6. The average Bonchev–Trinajstić information content (AvgIpc) is 4.03. The largest absolute Gasteiger partial charge is 0.485 e. The summed E-state index contributed by atoms with van der Waals surface area (Å²) in [5, 5.41) is 5.28. The van der Waals surface area contributed by atoms with Crippen LogP contribution in [0.4, 0.5) is 56.1 Å². The Morgan fingerprint density at radius 1 is 0.731 bits per heavy atom. The molecule has 3 aromatic rings. The lowest BCUT2D eigenvalue weighted by atomic mass is 10.1. The van der Waals surface area contributed by atoms with Crippen LogP contribution in [0, 0.1) is 11.8 Å². The van der Waals surface area contributed by atoms with Crippen molar-refractivity contribution < 1.29 is 49.4 Å². The number of anilines is 2. The van der Waals surface area contributed by atoms with Crippen molar-refractivity contribution >= 4 is 23.4 Å². The van der Waals surface area contributed by atoms with E-state index in [1.807, 2.05) is 44.2 Å². The number of hydrogen-bond acceptors (Lipinski definition) is 3. The minimum atomic E-state index is -6.49. The third kappa shape index (κ3) is 8.90. The highest BCUT2D eigenvalue weighted by atomic mass is 19.4. The molecule has 0 aromatic heterocycles. The van der Waals surface area contributed by atoms with Gasteiger partial charge in [-0.3, -0.25) is 0 Å². The first-order chi connectivity index (χ1) is 24.5. The summed E-state index contributed by atoms with van der Waals surface area (Å²) in [6.45, 7) is 1.71. The van der Waals surface area contributed by atoms with Crippen LogP contribution in [-0.2, 0) is 13.1 Å². The first kappa shape index (κ1) is 38.7. The molecule has 3 aromatic carbocycles. The van der Waals surface area contributed by atoms with Gasteiger partial charge in [-0.25, -0.2) is 18.4 Å². The molecule has 0 bridgehead atoms. The van der Waals surface area contributed by atoms with Crippen molar-refractivity contribution in [3.05, 3.63) is 90.0 Å². The minimum absolute atomic E-state index is 0.0554. The smallest absolute Gasteiger partial charge is 0.381 e. The summed E-state index contributed by atoms with van der Waals surface area (Å²) in [4.78, 5) is 30.6. The number of benzene rings is 3. The van der Waals surface area contributed by atoms with Crippen LogP contribution in [-0.4, -0.2) is 64.7 Å². The Morgan fingerprint density at radius 2 is 1.19 bits per heavy atom. The van der Waals surface area contributed by atoms with E-state index in [-0.39, 0.29) is 48.4 Å². The molecule has 0 saturated heterocycles. The summed E-state index contributed by atoms with van der Waals surface area (Å²) < 4.78 is 115. The molecular formula is C37H40F8N4O3. The number of halogens is 8. The molecule has 4 amide bonds. The third-order valence-corrected chi connectivity index (χ3v) is 9.54. The van der Waals surface area contributed by atoms with Gasteiger partial charge in [-0.2, -0.15) is 26.3 Å². The summed E-state index contributed by atoms with van der Waals surface area (Å²) in [6.07, 6.45) is -1.48. The Hall–Kier alpha value is -4.56. The zero-order valence-corrected chi connectivity index (χ0v) is 28.5. The van der Waals surface area contributed by atoms with Gasteiger partial charge in [0.1, 0.15) is 5.75 Å². The molecular weight excluding hydrogens is 700 g/mol. The Morgan fingerprint density at radius 3 is 1.63 bits per heavy atom. The standard InChI is InChI=1S/C37H40F8N4O3/c1-23(27-13-14-27)48(20-25-9-5-3-6-10-25)33(50)46-29-17-18-31(52-22-35(40,41)37(44,45)36(42,43)32(38)39)30(19-29)47-34(51)49(24(2)28-15-16-28)21-26-11-7-4-8-12-26/h3-12,17-19,23-24,27-28,32H,13-16,20-22H2,1-2H3,(H,46,50)(H,47,51)/t23-,24-/m0/s1. The molecule has 2 aliphatic rings. The molecule has 2 fully saturated rings. The zero-order chi connectivity index (χ0) is 37.8. The van der Waals surface area contributed by atoms with Gasteiger partial charge >= 0.3 is 36.3 Å². The monoisotopic (exact) mass is 740 g/mol. The molecule has 2 aliphatic carbocycles. The van der Waals surface area contributed by atoms with Crippen molar-refractivity contribution in [2.24, 2.45) is 11.8 Å². The van der Waals surface area contributed by atoms with Crippen molar-refractivity contribution in [3.63, 3.8) is 0 Å². The van der Waals surface area contributed by atoms with E-state index < -0.39 is 48.6 Å². The molecule has 0 unspecified atom stereocenters. The van der Waals surface area contributed by atoms with Crippen molar-refractivity contribution in [1.82, 2.24) is 9.80 Å². The lowest BCUT2D eigenvalue weighted by Gasteiger charge is -2.32. The predicted molar refractivity (Wildman–Crippen MR) is 179 cm³/mol. The first-order valence-corrected chi connectivity index (χ1v) is 16.9. The van der Waals surface area contributed by atoms with Gasteiger partial charge in [0, 0.05) is 30.9 Å². The maximum atomic E-state index is 14.5. The molecule has 0 spiro atoms. The minimum Gasteiger partial charge on any atom is -0.485 e. The van der Waals surface area contributed by atoms with E-state index in [1.165, 1.54) is 11.0 Å². The summed E-state index contributed by atoms with van der Waals surface area (Å²) in [5.41, 5.74) is 1.32. The van der Waals surface area contributed by atoms with Gasteiger partial charge in [-0.1, -0.05) is 60.7 Å². The van der Waals surface area contributed by atoms with E-state index in [0.29, 0.717) is 0 Å². The van der Waals surface area contributed by atoms with Crippen molar-refractivity contribution in [2.75, 3.05) is 17.2 Å². The number of ether oxygens (including phenoxy) is 1. The van der Waals surface area contributed by atoms with Crippen LogP contribution in [0.3, 0.4) is 0 Å². The molecule has 2 atom stereocenters. The normalized spacial score (nSPS) is 16.2. The first-order valence-electron chi connectivity index (χ1n) is 16.9. The van der Waals surface area contributed by atoms with Crippen LogP contribution in [0.15, 0.2) is 78.9 Å². The number of urea groups is 2. The van der Waals surface area contributed by atoms with E-state index in [0.717, 1.165) is 48.9 Å². The second-order valence-electron chi connectivity index (χ2n) is 13.4. The Bertz CT molecular complexity index is 1670. The van der Waals surface area contributed by atoms with Crippen LogP contribution in [0.1, 0.15) is 50.7 Å². The number of rotatable bonds is 16. The number of nitrogens with one attached hydrogen (secondary N) is 2. The number of alkyl halides is 8. The maximum absolute atomic E-state index is 14.5. The molecule has 15 heteroatoms. The second-order valence-corrected chi connectivity index (χ2v) is 13.4. The Balaban J connectivity index is 1.43. The third-order valence-electron chi connectivity index (χ3n) is 9.54. The van der Waals surface area contributed by atoms with E-state index in [4.69, 9.17) is 4.74 Å². The summed E-state index contributed by atoms with van der Waals surface area (Å²) in [5.74, 6) is -18.8. The summed E-state index contributed by atoms with van der Waals surface area (Å²) in [6, 6.07) is 19.8. The van der Waals surface area contributed by atoms with Gasteiger partial charge in [0.15, 0.2) is 6.61 Å². The SMILES string of the molecule is C[C@@H](C1CC1)N(Cc1ccccc1)C(=O)Nc1ccc(OCC(F)(F)C(F)(F)C(F)(F)C(F)F)c(NC(=O)N(Cc2ccccc2)[C@@H](C)C2CC2)c1. The highest BCUT2D eigenvalue weighted by Crippen LogP contribution is 2.49. The van der Waals surface area contributed by atoms with Crippen LogP contribution in [0.5, 0.6) is 5.75 Å². The Kier molecular flexibility index (Phi) is 11.6. The quantitative estimate of drug-likeness (QED) is 0.144. The molecule has 2 saturated carbocycles. The number of hydrogen-bond donors (Lipinski definition) is 2. The average molecular weight is 741 g/mol. The van der Waals surface area contributed by atoms with Gasteiger partial charge in [-0.15, -0.1) is 0 Å². The lowest BCUT2D eigenvalue weighted by molar-refractivity contribution is -0.342. The number of amides is 4. The summed E-state index contributed by atoms with van der Waals surface area (Å²) >= 11 is 0. The maximum Gasteiger partial charge on any atom is 0.381 e. The highest BCUT2D eigenvalue weighted by molar-refractivity contribution is 5.94. The number of nitrogens with zero attached hydrogens (tertiary/aromatic N) is 2. The zero-order valence-electron chi connectivity index (χ0n) is 28.5. The number of carbonyl (C=O) groups is 2. The van der Waals surface area contributed by atoms with E-state index >= 15 is 0 Å². The van der Waals surface area contributed by atoms with E-state index in [2.05, 4.69) is 10.6 Å². The van der Waals surface area contributed by atoms with E-state index in [1.54, 1.807) is 35.2 Å². The molecule has 0 radical (unpaired) electrons. The molecule has 282 valence electrons. The molecule has 2 N–H and O–H groups in total. The fraction of sp³-hybridized carbons (Fsp3) is 0.459. The molecule has 52 heavy (non-hydrogen) atoms. The molecule has 7 nitrogen and oxygen atoms in total. The van der Waals surface area contributed by atoms with Crippen LogP contribution >= 0.6 is 0 Å². The molecule has 0 aliphatic heterocycles. The highest BCUT2D eigenvalue weighted by Gasteiger charge is 2.75. The predicted octanol–water partition coefficient (Wildman–Crippen LogP) is 9.90. The molecule has 5 rings (SSSR count). The van der Waals surface area contributed by atoms with E-state index in [9.17, 15) is 44.7 Å². The van der Waals surface area contributed by atoms with Gasteiger partial charge in [0.25, 0.3) is 0 Å². The lowest BCUT2D eigenvalue weighted by Crippen LogP contribution is -2.59.